The molecule has 1 aromatic carbocycles. The third-order valence-corrected chi connectivity index (χ3v) is 2.24. The highest BCUT2D eigenvalue weighted by Gasteiger charge is 1.99. The maximum absolute atomic E-state index is 5.69. The van der Waals surface area contributed by atoms with Crippen LogP contribution in [0.15, 0.2) is 47.2 Å². The van der Waals surface area contributed by atoms with Crippen LogP contribution >= 0.6 is 15.9 Å². The molecule has 4 heteroatoms. The molecule has 0 aliphatic rings. The van der Waals surface area contributed by atoms with E-state index in [-0.39, 0.29) is 0 Å². The Balaban J connectivity index is 2.25. The van der Waals surface area contributed by atoms with Crippen LogP contribution in [-0.4, -0.2) is 4.98 Å². The Hall–Kier alpha value is -1.55. The SMILES string of the molecule is Nc1cc(Br)cc(Oc2ccncc2)c1. The van der Waals surface area contributed by atoms with Crippen molar-refractivity contribution < 1.29 is 4.74 Å². The highest BCUT2D eigenvalue weighted by molar-refractivity contribution is 9.10. The van der Waals surface area contributed by atoms with Gasteiger partial charge in [-0.2, -0.15) is 0 Å². The van der Waals surface area contributed by atoms with Crippen molar-refractivity contribution in [2.75, 3.05) is 5.73 Å². The molecule has 2 N–H and O–H groups in total. The molecule has 0 radical (unpaired) electrons. The Morgan fingerprint density at radius 3 is 2.47 bits per heavy atom. The summed E-state index contributed by atoms with van der Waals surface area (Å²) >= 11 is 3.35. The molecule has 76 valence electrons. The molecule has 0 fully saturated rings. The number of nitrogens with two attached hydrogens (primary N) is 1. The first-order valence-corrected chi connectivity index (χ1v) is 5.17. The fourth-order valence-corrected chi connectivity index (χ4v) is 1.68. The molecule has 2 rings (SSSR count). The summed E-state index contributed by atoms with van der Waals surface area (Å²) in [6.07, 6.45) is 3.35. The number of hydrogen-bond acceptors (Lipinski definition) is 3. The lowest BCUT2D eigenvalue weighted by Crippen LogP contribution is -1.88. The maximum Gasteiger partial charge on any atom is 0.130 e. The van der Waals surface area contributed by atoms with Crippen LogP contribution in [-0.2, 0) is 0 Å². The molecule has 2 aromatic rings. The lowest BCUT2D eigenvalue weighted by atomic mass is 10.3. The third-order valence-electron chi connectivity index (χ3n) is 1.78. The van der Waals surface area contributed by atoms with E-state index < -0.39 is 0 Å². The molecular weight excluding hydrogens is 256 g/mol. The molecular formula is C11H9BrN2O. The third kappa shape index (κ3) is 2.70. The van der Waals surface area contributed by atoms with Crippen LogP contribution in [0.3, 0.4) is 0 Å². The Bertz CT molecular complexity index is 439. The predicted octanol–water partition coefficient (Wildman–Crippen LogP) is 3.22. The zero-order valence-electron chi connectivity index (χ0n) is 7.85. The second kappa shape index (κ2) is 4.31. The van der Waals surface area contributed by atoms with Gasteiger partial charge in [-0.3, -0.25) is 4.98 Å². The molecule has 0 spiro atoms. The summed E-state index contributed by atoms with van der Waals surface area (Å²) in [6.45, 7) is 0. The Labute approximate surface area is 96.0 Å². The number of nitrogen functional groups attached to an aromatic ring is 1. The summed E-state index contributed by atoms with van der Waals surface area (Å²) in [4.78, 5) is 3.91. The number of anilines is 1. The van der Waals surface area contributed by atoms with Crippen LogP contribution in [0.25, 0.3) is 0 Å². The first-order valence-electron chi connectivity index (χ1n) is 4.38. The van der Waals surface area contributed by atoms with Gasteiger partial charge >= 0.3 is 0 Å². The van der Waals surface area contributed by atoms with Gasteiger partial charge in [0, 0.05) is 28.6 Å². The lowest BCUT2D eigenvalue weighted by Gasteiger charge is -2.06. The number of aromatic nitrogens is 1. The fraction of sp³-hybridized carbons (Fsp3) is 0. The van der Waals surface area contributed by atoms with Crippen LogP contribution in [0.1, 0.15) is 0 Å². The molecule has 0 bridgehead atoms. The van der Waals surface area contributed by atoms with Gasteiger partial charge in [-0.1, -0.05) is 15.9 Å². The normalized spacial score (nSPS) is 9.93. The van der Waals surface area contributed by atoms with E-state index in [2.05, 4.69) is 20.9 Å². The minimum Gasteiger partial charge on any atom is -0.457 e. The molecule has 0 aliphatic carbocycles. The molecule has 0 aliphatic heterocycles. The lowest BCUT2D eigenvalue weighted by molar-refractivity contribution is 0.482. The monoisotopic (exact) mass is 264 g/mol. The second-order valence-electron chi connectivity index (χ2n) is 3.01. The van der Waals surface area contributed by atoms with Gasteiger partial charge in [-0.15, -0.1) is 0 Å². The topological polar surface area (TPSA) is 48.1 Å². The molecule has 1 aromatic heterocycles. The molecule has 1 heterocycles. The van der Waals surface area contributed by atoms with Crippen LogP contribution < -0.4 is 10.5 Å². The number of halogens is 1. The Morgan fingerprint density at radius 1 is 1.07 bits per heavy atom. The van der Waals surface area contributed by atoms with E-state index >= 15 is 0 Å². The van der Waals surface area contributed by atoms with E-state index in [1.54, 1.807) is 30.6 Å². The van der Waals surface area contributed by atoms with Crippen molar-refractivity contribution in [2.45, 2.75) is 0 Å². The quantitative estimate of drug-likeness (QED) is 0.848. The number of benzene rings is 1. The van der Waals surface area contributed by atoms with Gasteiger partial charge in [0.1, 0.15) is 11.5 Å². The van der Waals surface area contributed by atoms with E-state index in [9.17, 15) is 0 Å². The van der Waals surface area contributed by atoms with Crippen molar-refractivity contribution in [3.8, 4) is 11.5 Å². The molecule has 0 amide bonds. The van der Waals surface area contributed by atoms with Crippen LogP contribution in [0.2, 0.25) is 0 Å². The first kappa shape index (κ1) is 9.98. The van der Waals surface area contributed by atoms with Gasteiger partial charge in [-0.05, 0) is 24.3 Å². The summed E-state index contributed by atoms with van der Waals surface area (Å²) in [7, 11) is 0. The summed E-state index contributed by atoms with van der Waals surface area (Å²) in [6, 6.07) is 9.02. The average Bonchev–Trinajstić information content (AvgIpc) is 2.17. The van der Waals surface area contributed by atoms with E-state index in [0.717, 1.165) is 10.2 Å². The van der Waals surface area contributed by atoms with Crippen molar-refractivity contribution in [3.63, 3.8) is 0 Å². The minimum atomic E-state index is 0.661. The van der Waals surface area contributed by atoms with E-state index in [0.29, 0.717) is 11.4 Å². The summed E-state index contributed by atoms with van der Waals surface area (Å²) in [5.41, 5.74) is 6.35. The highest BCUT2D eigenvalue weighted by Crippen LogP contribution is 2.26. The fourth-order valence-electron chi connectivity index (χ4n) is 1.19. The number of hydrogen-bond donors (Lipinski definition) is 1. The van der Waals surface area contributed by atoms with E-state index in [4.69, 9.17) is 10.5 Å². The zero-order valence-corrected chi connectivity index (χ0v) is 9.44. The average molecular weight is 265 g/mol. The van der Waals surface area contributed by atoms with Gasteiger partial charge in [0.15, 0.2) is 0 Å². The van der Waals surface area contributed by atoms with Crippen molar-refractivity contribution >= 4 is 21.6 Å². The van der Waals surface area contributed by atoms with Gasteiger partial charge < -0.3 is 10.5 Å². The largest absolute Gasteiger partial charge is 0.457 e. The van der Waals surface area contributed by atoms with Gasteiger partial charge in [0.2, 0.25) is 0 Å². The summed E-state index contributed by atoms with van der Waals surface area (Å²) in [5, 5.41) is 0. The molecule has 0 unspecified atom stereocenters. The van der Waals surface area contributed by atoms with Crippen molar-refractivity contribution in [2.24, 2.45) is 0 Å². The van der Waals surface area contributed by atoms with Crippen LogP contribution in [0.4, 0.5) is 5.69 Å². The second-order valence-corrected chi connectivity index (χ2v) is 3.92. The van der Waals surface area contributed by atoms with Crippen molar-refractivity contribution in [1.82, 2.24) is 4.98 Å². The summed E-state index contributed by atoms with van der Waals surface area (Å²) < 4.78 is 6.48. The minimum absolute atomic E-state index is 0.661. The highest BCUT2D eigenvalue weighted by atomic mass is 79.9. The standard InChI is InChI=1S/C11H9BrN2O/c12-8-5-9(13)7-11(6-8)15-10-1-3-14-4-2-10/h1-7H,13H2. The molecule has 0 atom stereocenters. The smallest absolute Gasteiger partial charge is 0.130 e. The van der Waals surface area contributed by atoms with Crippen molar-refractivity contribution in [1.29, 1.82) is 0 Å². The van der Waals surface area contributed by atoms with Crippen LogP contribution in [0, 0.1) is 0 Å². The molecule has 15 heavy (non-hydrogen) atoms. The maximum atomic E-state index is 5.69. The number of nitrogens with zero attached hydrogens (tertiary/aromatic N) is 1. The first-order chi connectivity index (χ1) is 7.24. The van der Waals surface area contributed by atoms with Crippen molar-refractivity contribution in [3.05, 3.63) is 47.2 Å². The number of ether oxygens (including phenoxy) is 1. The Morgan fingerprint density at radius 2 is 1.80 bits per heavy atom. The number of pyridine rings is 1. The molecule has 0 saturated carbocycles. The van der Waals surface area contributed by atoms with E-state index in [1.807, 2.05) is 12.1 Å². The van der Waals surface area contributed by atoms with Gasteiger partial charge in [0.05, 0.1) is 0 Å². The zero-order chi connectivity index (χ0) is 10.7. The van der Waals surface area contributed by atoms with E-state index in [1.165, 1.54) is 0 Å². The van der Waals surface area contributed by atoms with Gasteiger partial charge in [0.25, 0.3) is 0 Å². The summed E-state index contributed by atoms with van der Waals surface area (Å²) in [5.74, 6) is 1.44. The van der Waals surface area contributed by atoms with Crippen LogP contribution in [0.5, 0.6) is 11.5 Å². The molecule has 3 nitrogen and oxygen atoms in total. The number of rotatable bonds is 2. The predicted molar refractivity (Wildman–Crippen MR) is 62.9 cm³/mol. The van der Waals surface area contributed by atoms with Gasteiger partial charge in [-0.25, -0.2) is 0 Å². The Kier molecular flexibility index (Phi) is 2.87. The molecule has 0 saturated heterocycles.